The first-order chi connectivity index (χ1) is 15.0. The first-order valence-corrected chi connectivity index (χ1v) is 9.53. The van der Waals surface area contributed by atoms with Crippen molar-refractivity contribution in [1.29, 1.82) is 0 Å². The van der Waals surface area contributed by atoms with Crippen molar-refractivity contribution in [3.8, 4) is 17.0 Å². The number of aromatic nitrogens is 4. The van der Waals surface area contributed by atoms with Gasteiger partial charge in [-0.25, -0.2) is 0 Å². The van der Waals surface area contributed by atoms with Crippen molar-refractivity contribution in [3.05, 3.63) is 83.3 Å². The van der Waals surface area contributed by atoms with Gasteiger partial charge in [-0.15, -0.1) is 0 Å². The molecular formula is C21H16ClF2N5O2. The Morgan fingerprint density at radius 2 is 1.90 bits per heavy atom. The fourth-order valence-electron chi connectivity index (χ4n) is 2.88. The van der Waals surface area contributed by atoms with Crippen molar-refractivity contribution < 1.29 is 18.3 Å². The highest BCUT2D eigenvalue weighted by molar-refractivity contribution is 6.30. The smallest absolute Gasteiger partial charge is 0.387 e. The Kier molecular flexibility index (Phi) is 5.94. The van der Waals surface area contributed by atoms with Crippen molar-refractivity contribution in [2.45, 2.75) is 13.2 Å². The summed E-state index contributed by atoms with van der Waals surface area (Å²) >= 11 is 5.89. The normalized spacial score (nSPS) is 11.0. The zero-order chi connectivity index (χ0) is 21.8. The van der Waals surface area contributed by atoms with Crippen LogP contribution in [0.3, 0.4) is 0 Å². The van der Waals surface area contributed by atoms with E-state index in [9.17, 15) is 13.6 Å². The molecule has 0 radical (unpaired) electrons. The topological polar surface area (TPSA) is 84.8 Å². The third kappa shape index (κ3) is 5.26. The van der Waals surface area contributed by atoms with E-state index in [0.717, 1.165) is 5.56 Å². The number of carbonyl (C=O) groups is 1. The number of nitrogens with one attached hydrogen (secondary N) is 2. The van der Waals surface area contributed by atoms with Crippen LogP contribution in [-0.2, 0) is 6.54 Å². The molecule has 0 aliphatic rings. The molecule has 2 aromatic heterocycles. The molecule has 7 nitrogen and oxygen atoms in total. The fourth-order valence-corrected chi connectivity index (χ4v) is 3.01. The summed E-state index contributed by atoms with van der Waals surface area (Å²) in [5, 5.41) is 14.4. The lowest BCUT2D eigenvalue weighted by atomic mass is 10.1. The van der Waals surface area contributed by atoms with E-state index >= 15 is 0 Å². The van der Waals surface area contributed by atoms with E-state index in [1.807, 2.05) is 12.1 Å². The van der Waals surface area contributed by atoms with Crippen molar-refractivity contribution in [1.82, 2.24) is 20.0 Å². The summed E-state index contributed by atoms with van der Waals surface area (Å²) in [5.74, 6) is -0.342. The van der Waals surface area contributed by atoms with Gasteiger partial charge in [-0.2, -0.15) is 19.0 Å². The number of carbonyl (C=O) groups excluding carboxylic acids is 1. The van der Waals surface area contributed by atoms with Gasteiger partial charge in [-0.3, -0.25) is 14.6 Å². The van der Waals surface area contributed by atoms with Crippen LogP contribution in [0.2, 0.25) is 5.02 Å². The second-order valence-corrected chi connectivity index (χ2v) is 7.01. The largest absolute Gasteiger partial charge is 0.435 e. The minimum absolute atomic E-state index is 0.0443. The van der Waals surface area contributed by atoms with Gasteiger partial charge in [0.05, 0.1) is 24.1 Å². The molecule has 2 N–H and O–H groups in total. The summed E-state index contributed by atoms with van der Waals surface area (Å²) in [5.41, 5.74) is 2.94. The van der Waals surface area contributed by atoms with Crippen LogP contribution in [0.15, 0.2) is 67.0 Å². The molecule has 2 aromatic carbocycles. The maximum atomic E-state index is 12.5. The second kappa shape index (κ2) is 8.97. The number of nitrogens with zero attached hydrogens (tertiary/aromatic N) is 3. The van der Waals surface area contributed by atoms with Crippen LogP contribution in [-0.4, -0.2) is 32.5 Å². The number of benzene rings is 2. The number of anilines is 1. The first-order valence-electron chi connectivity index (χ1n) is 9.15. The number of rotatable bonds is 7. The molecule has 0 aliphatic carbocycles. The summed E-state index contributed by atoms with van der Waals surface area (Å²) in [6.07, 6.45) is 3.26. The second-order valence-electron chi connectivity index (χ2n) is 6.58. The quantitative estimate of drug-likeness (QED) is 0.428. The third-order valence-corrected chi connectivity index (χ3v) is 4.60. The number of amides is 1. The predicted octanol–water partition coefficient (Wildman–Crippen LogP) is 4.83. The van der Waals surface area contributed by atoms with Crippen molar-refractivity contribution in [2.24, 2.45) is 0 Å². The molecule has 4 aromatic rings. The molecule has 0 spiro atoms. The average molecular weight is 444 g/mol. The molecule has 1 amide bonds. The Bertz CT molecular complexity index is 1170. The molecular weight excluding hydrogens is 428 g/mol. The lowest BCUT2D eigenvalue weighted by Crippen LogP contribution is -2.11. The van der Waals surface area contributed by atoms with Gasteiger partial charge in [0.1, 0.15) is 11.4 Å². The van der Waals surface area contributed by atoms with Crippen molar-refractivity contribution in [3.63, 3.8) is 0 Å². The molecule has 0 unspecified atom stereocenters. The van der Waals surface area contributed by atoms with Gasteiger partial charge in [0.15, 0.2) is 0 Å². The number of hydrogen-bond acceptors (Lipinski definition) is 4. The van der Waals surface area contributed by atoms with Gasteiger partial charge in [0, 0.05) is 16.8 Å². The van der Waals surface area contributed by atoms with E-state index in [1.165, 1.54) is 12.1 Å². The van der Waals surface area contributed by atoms with Crippen LogP contribution in [0.1, 0.15) is 16.1 Å². The lowest BCUT2D eigenvalue weighted by molar-refractivity contribution is -0.0498. The maximum absolute atomic E-state index is 12.5. The standard InChI is InChI=1S/C21H16ClF2N5O2/c22-15-5-1-13(2-6-15)11-29-12-16(10-25-29)26-20(30)19-9-18(27-28-19)14-3-7-17(8-4-14)31-21(23)24/h1-10,12,21H,11H2,(H,26,30)(H,27,28). The third-order valence-electron chi connectivity index (χ3n) is 4.35. The number of hydrogen-bond donors (Lipinski definition) is 2. The van der Waals surface area contributed by atoms with Gasteiger partial charge in [0.2, 0.25) is 0 Å². The SMILES string of the molecule is O=C(Nc1cnn(Cc2ccc(Cl)cc2)c1)c1cc(-c2ccc(OC(F)F)cc2)n[nH]1. The molecule has 0 aliphatic heterocycles. The molecule has 0 fully saturated rings. The molecule has 2 heterocycles. The van der Waals surface area contributed by atoms with Crippen molar-refractivity contribution in [2.75, 3.05) is 5.32 Å². The Hall–Kier alpha value is -3.72. The molecule has 10 heteroatoms. The highest BCUT2D eigenvalue weighted by atomic mass is 35.5. The van der Waals surface area contributed by atoms with Gasteiger partial charge < -0.3 is 10.1 Å². The number of ether oxygens (including phenoxy) is 1. The summed E-state index contributed by atoms with van der Waals surface area (Å²) < 4.78 is 30.5. The van der Waals surface area contributed by atoms with Gasteiger partial charge in [-0.05, 0) is 48.0 Å². The minimum Gasteiger partial charge on any atom is -0.435 e. The Balaban J connectivity index is 1.39. The fraction of sp³-hybridized carbons (Fsp3) is 0.0952. The van der Waals surface area contributed by atoms with Crippen LogP contribution in [0.4, 0.5) is 14.5 Å². The zero-order valence-electron chi connectivity index (χ0n) is 15.9. The highest BCUT2D eigenvalue weighted by Gasteiger charge is 2.13. The molecule has 0 atom stereocenters. The molecule has 0 saturated carbocycles. The van der Waals surface area contributed by atoms with E-state index in [0.29, 0.717) is 28.5 Å². The Morgan fingerprint density at radius 1 is 1.16 bits per heavy atom. The predicted molar refractivity (Wildman–Crippen MR) is 111 cm³/mol. The monoisotopic (exact) mass is 443 g/mol. The van der Waals surface area contributed by atoms with Crippen LogP contribution in [0.25, 0.3) is 11.3 Å². The zero-order valence-corrected chi connectivity index (χ0v) is 16.7. The molecule has 0 saturated heterocycles. The Morgan fingerprint density at radius 3 is 2.61 bits per heavy atom. The van der Waals surface area contributed by atoms with E-state index in [2.05, 4.69) is 25.3 Å². The van der Waals surface area contributed by atoms with E-state index < -0.39 is 6.61 Å². The van der Waals surface area contributed by atoms with E-state index in [-0.39, 0.29) is 17.4 Å². The molecule has 31 heavy (non-hydrogen) atoms. The maximum Gasteiger partial charge on any atom is 0.387 e. The van der Waals surface area contributed by atoms with Crippen LogP contribution < -0.4 is 10.1 Å². The van der Waals surface area contributed by atoms with Gasteiger partial charge in [0.25, 0.3) is 5.91 Å². The minimum atomic E-state index is -2.89. The lowest BCUT2D eigenvalue weighted by Gasteiger charge is -2.04. The first kappa shape index (κ1) is 20.5. The average Bonchev–Trinajstić information content (AvgIpc) is 3.40. The van der Waals surface area contributed by atoms with Crippen LogP contribution >= 0.6 is 11.6 Å². The molecule has 158 valence electrons. The van der Waals surface area contributed by atoms with E-state index in [1.54, 1.807) is 47.4 Å². The molecule has 0 bridgehead atoms. The van der Waals surface area contributed by atoms with Crippen molar-refractivity contribution >= 4 is 23.2 Å². The van der Waals surface area contributed by atoms with Crippen LogP contribution in [0.5, 0.6) is 5.75 Å². The summed E-state index contributed by atoms with van der Waals surface area (Å²) in [4.78, 5) is 12.5. The molecule has 4 rings (SSSR count). The summed E-state index contributed by atoms with van der Waals surface area (Å²) in [6.45, 7) is -2.35. The number of aromatic amines is 1. The number of halogens is 3. The Labute approximate surface area is 180 Å². The van der Waals surface area contributed by atoms with Crippen LogP contribution in [0, 0.1) is 0 Å². The van der Waals surface area contributed by atoms with E-state index in [4.69, 9.17) is 11.6 Å². The number of alkyl halides is 2. The van der Waals surface area contributed by atoms with Gasteiger partial charge in [-0.1, -0.05) is 23.7 Å². The summed E-state index contributed by atoms with van der Waals surface area (Å²) in [7, 11) is 0. The summed E-state index contributed by atoms with van der Waals surface area (Å²) in [6, 6.07) is 15.0. The highest BCUT2D eigenvalue weighted by Crippen LogP contribution is 2.22. The van der Waals surface area contributed by atoms with Gasteiger partial charge >= 0.3 is 6.61 Å². The number of H-pyrrole nitrogens is 1.